The fourth-order valence-corrected chi connectivity index (χ4v) is 1.38. The van der Waals surface area contributed by atoms with Crippen molar-refractivity contribution in [2.75, 3.05) is 13.2 Å². The van der Waals surface area contributed by atoms with E-state index in [1.165, 1.54) is 0 Å². The summed E-state index contributed by atoms with van der Waals surface area (Å²) < 4.78 is 10.2. The Morgan fingerprint density at radius 3 is 1.89 bits per heavy atom. The number of hydrogen-bond donors (Lipinski definition) is 0. The number of unbranched alkanes of at least 4 members (excludes halogenated alkanes) is 2. The van der Waals surface area contributed by atoms with E-state index in [0.29, 0.717) is 18.8 Å². The fourth-order valence-electron chi connectivity index (χ4n) is 1.38. The molecule has 0 fully saturated rings. The predicted molar refractivity (Wildman–Crippen MR) is 74.7 cm³/mol. The molecular formula is C15H26O4. The quantitative estimate of drug-likeness (QED) is 0.366. The standard InChI is InChI=1S/C15H26O4/c1-5-7-9-18-14(16)11-13(12(3)4)15(17)19-10-8-6-2/h5-11H2,1-4H3. The molecule has 4 heteroatoms. The maximum Gasteiger partial charge on any atom is 0.334 e. The maximum absolute atomic E-state index is 11.8. The van der Waals surface area contributed by atoms with Gasteiger partial charge in [-0.3, -0.25) is 4.79 Å². The molecule has 110 valence electrons. The summed E-state index contributed by atoms with van der Waals surface area (Å²) in [6, 6.07) is 0. The highest BCUT2D eigenvalue weighted by atomic mass is 16.5. The average molecular weight is 270 g/mol. The molecule has 0 spiro atoms. The van der Waals surface area contributed by atoms with Gasteiger partial charge in [0.2, 0.25) is 0 Å². The average Bonchev–Trinajstić information content (AvgIpc) is 2.36. The number of carbonyl (C=O) groups is 2. The molecule has 0 unspecified atom stereocenters. The van der Waals surface area contributed by atoms with Gasteiger partial charge in [0, 0.05) is 5.57 Å². The number of carbonyl (C=O) groups excluding carboxylic acids is 2. The molecule has 0 aliphatic heterocycles. The molecule has 0 aromatic rings. The third-order valence-corrected chi connectivity index (χ3v) is 2.66. The second-order valence-corrected chi connectivity index (χ2v) is 4.72. The normalized spacial score (nSPS) is 9.89. The summed E-state index contributed by atoms with van der Waals surface area (Å²) in [5.41, 5.74) is 1.21. The van der Waals surface area contributed by atoms with Crippen LogP contribution in [0.5, 0.6) is 0 Å². The summed E-state index contributed by atoms with van der Waals surface area (Å²) in [6.45, 7) is 8.47. The summed E-state index contributed by atoms with van der Waals surface area (Å²) in [6.07, 6.45) is 3.62. The van der Waals surface area contributed by atoms with E-state index >= 15 is 0 Å². The monoisotopic (exact) mass is 270 g/mol. The van der Waals surface area contributed by atoms with Crippen molar-refractivity contribution in [3.05, 3.63) is 11.1 Å². The lowest BCUT2D eigenvalue weighted by Gasteiger charge is -2.10. The van der Waals surface area contributed by atoms with Crippen LogP contribution in [0.4, 0.5) is 0 Å². The maximum atomic E-state index is 11.8. The molecule has 0 saturated carbocycles. The van der Waals surface area contributed by atoms with E-state index in [2.05, 4.69) is 0 Å². The lowest BCUT2D eigenvalue weighted by atomic mass is 10.1. The molecule has 4 nitrogen and oxygen atoms in total. The highest BCUT2D eigenvalue weighted by Gasteiger charge is 2.17. The van der Waals surface area contributed by atoms with Crippen molar-refractivity contribution < 1.29 is 19.1 Å². The van der Waals surface area contributed by atoms with Crippen LogP contribution in [-0.2, 0) is 19.1 Å². The topological polar surface area (TPSA) is 52.6 Å². The van der Waals surface area contributed by atoms with Crippen molar-refractivity contribution in [1.82, 2.24) is 0 Å². The molecule has 0 aliphatic carbocycles. The molecule has 19 heavy (non-hydrogen) atoms. The number of esters is 2. The minimum Gasteiger partial charge on any atom is -0.465 e. The van der Waals surface area contributed by atoms with Crippen LogP contribution in [0.3, 0.4) is 0 Å². The zero-order chi connectivity index (χ0) is 14.7. The van der Waals surface area contributed by atoms with E-state index in [4.69, 9.17) is 9.47 Å². The van der Waals surface area contributed by atoms with Crippen LogP contribution in [0.25, 0.3) is 0 Å². The van der Waals surface area contributed by atoms with Gasteiger partial charge in [-0.1, -0.05) is 32.3 Å². The van der Waals surface area contributed by atoms with E-state index in [1.807, 2.05) is 13.8 Å². The molecule has 0 amide bonds. The van der Waals surface area contributed by atoms with Gasteiger partial charge in [-0.15, -0.1) is 0 Å². The Morgan fingerprint density at radius 1 is 0.895 bits per heavy atom. The van der Waals surface area contributed by atoms with Crippen LogP contribution in [0.2, 0.25) is 0 Å². The third-order valence-electron chi connectivity index (χ3n) is 2.66. The summed E-state index contributed by atoms with van der Waals surface area (Å²) >= 11 is 0. The smallest absolute Gasteiger partial charge is 0.334 e. The number of ether oxygens (including phenoxy) is 2. The van der Waals surface area contributed by atoms with Crippen molar-refractivity contribution in [3.8, 4) is 0 Å². The van der Waals surface area contributed by atoms with Gasteiger partial charge in [-0.25, -0.2) is 4.79 Å². The number of allylic oxidation sites excluding steroid dienone is 1. The summed E-state index contributed by atoms with van der Waals surface area (Å²) in [4.78, 5) is 23.4. The summed E-state index contributed by atoms with van der Waals surface area (Å²) in [5, 5.41) is 0. The van der Waals surface area contributed by atoms with Gasteiger partial charge >= 0.3 is 11.9 Å². The van der Waals surface area contributed by atoms with Gasteiger partial charge in [0.15, 0.2) is 0 Å². The molecule has 0 aromatic heterocycles. The van der Waals surface area contributed by atoms with Gasteiger partial charge in [-0.2, -0.15) is 0 Å². The molecule has 0 radical (unpaired) electrons. The Morgan fingerprint density at radius 2 is 1.42 bits per heavy atom. The van der Waals surface area contributed by atoms with Gasteiger partial charge in [0.1, 0.15) is 0 Å². The second kappa shape index (κ2) is 10.6. The lowest BCUT2D eigenvalue weighted by molar-refractivity contribution is -0.146. The van der Waals surface area contributed by atoms with Crippen LogP contribution in [0.15, 0.2) is 11.1 Å². The van der Waals surface area contributed by atoms with E-state index in [0.717, 1.165) is 31.3 Å². The van der Waals surface area contributed by atoms with E-state index < -0.39 is 5.97 Å². The Labute approximate surface area is 116 Å². The first-order valence-corrected chi connectivity index (χ1v) is 7.02. The first kappa shape index (κ1) is 17.7. The van der Waals surface area contributed by atoms with Crippen molar-refractivity contribution in [2.45, 2.75) is 59.8 Å². The van der Waals surface area contributed by atoms with Crippen molar-refractivity contribution in [1.29, 1.82) is 0 Å². The van der Waals surface area contributed by atoms with E-state index in [1.54, 1.807) is 13.8 Å². The predicted octanol–water partition coefficient (Wildman–Crippen LogP) is 3.40. The van der Waals surface area contributed by atoms with Crippen LogP contribution in [-0.4, -0.2) is 25.2 Å². The minimum atomic E-state index is -0.402. The fraction of sp³-hybridized carbons (Fsp3) is 0.733. The Bertz CT molecular complexity index is 314. The van der Waals surface area contributed by atoms with E-state index in [9.17, 15) is 9.59 Å². The minimum absolute atomic E-state index is 0.00297. The first-order chi connectivity index (χ1) is 9.02. The Balaban J connectivity index is 4.31. The molecule has 0 heterocycles. The van der Waals surface area contributed by atoms with Gasteiger partial charge in [-0.05, 0) is 26.7 Å². The van der Waals surface area contributed by atoms with Crippen molar-refractivity contribution >= 4 is 11.9 Å². The highest BCUT2D eigenvalue weighted by molar-refractivity contribution is 5.94. The Kier molecular flexibility index (Phi) is 9.85. The Hall–Kier alpha value is -1.32. The molecule has 0 aromatic carbocycles. The molecule has 0 aliphatic rings. The molecule has 0 N–H and O–H groups in total. The molecule has 0 rings (SSSR count). The number of rotatable bonds is 9. The zero-order valence-corrected chi connectivity index (χ0v) is 12.6. The summed E-state index contributed by atoms with van der Waals surface area (Å²) in [5.74, 6) is -0.766. The molecule has 0 saturated heterocycles. The van der Waals surface area contributed by atoms with Crippen molar-refractivity contribution in [2.24, 2.45) is 0 Å². The van der Waals surface area contributed by atoms with Crippen LogP contribution < -0.4 is 0 Å². The van der Waals surface area contributed by atoms with Gasteiger partial charge in [0.25, 0.3) is 0 Å². The van der Waals surface area contributed by atoms with Crippen molar-refractivity contribution in [3.63, 3.8) is 0 Å². The SMILES string of the molecule is CCCCOC(=O)CC(C(=O)OCCCC)=C(C)C. The van der Waals surface area contributed by atoms with Crippen LogP contribution >= 0.6 is 0 Å². The first-order valence-electron chi connectivity index (χ1n) is 7.02. The molecular weight excluding hydrogens is 244 g/mol. The summed E-state index contributed by atoms with van der Waals surface area (Å²) in [7, 11) is 0. The van der Waals surface area contributed by atoms with Gasteiger partial charge in [0.05, 0.1) is 19.6 Å². The zero-order valence-electron chi connectivity index (χ0n) is 12.6. The third kappa shape index (κ3) is 8.41. The molecule has 0 atom stereocenters. The largest absolute Gasteiger partial charge is 0.465 e. The van der Waals surface area contributed by atoms with Crippen LogP contribution in [0, 0.1) is 0 Å². The lowest BCUT2D eigenvalue weighted by Crippen LogP contribution is -2.15. The second-order valence-electron chi connectivity index (χ2n) is 4.72. The van der Waals surface area contributed by atoms with Crippen LogP contribution in [0.1, 0.15) is 59.8 Å². The highest BCUT2D eigenvalue weighted by Crippen LogP contribution is 2.12. The van der Waals surface area contributed by atoms with Gasteiger partial charge < -0.3 is 9.47 Å². The van der Waals surface area contributed by atoms with E-state index in [-0.39, 0.29) is 12.4 Å². The number of hydrogen-bond acceptors (Lipinski definition) is 4. The molecule has 0 bridgehead atoms.